The molecule has 0 atom stereocenters. The predicted molar refractivity (Wildman–Crippen MR) is 102 cm³/mol. The number of nitrogens with zero attached hydrogens (tertiary/aromatic N) is 2. The molecule has 0 saturated heterocycles. The van der Waals surface area contributed by atoms with E-state index in [9.17, 15) is 9.18 Å². The summed E-state index contributed by atoms with van der Waals surface area (Å²) in [6.45, 7) is 0.762. The van der Waals surface area contributed by atoms with Crippen LogP contribution in [0.2, 0.25) is 0 Å². The molecule has 0 aliphatic heterocycles. The van der Waals surface area contributed by atoms with Crippen LogP contribution in [0.5, 0.6) is 0 Å². The molecule has 124 valence electrons. The summed E-state index contributed by atoms with van der Waals surface area (Å²) in [5.41, 5.74) is 1.30. The van der Waals surface area contributed by atoms with Gasteiger partial charge >= 0.3 is 0 Å². The van der Waals surface area contributed by atoms with Crippen molar-refractivity contribution in [3.8, 4) is 0 Å². The molecule has 0 saturated carbocycles. The summed E-state index contributed by atoms with van der Waals surface area (Å²) in [5.74, 6) is 0.0491. The molecule has 3 rings (SSSR count). The fourth-order valence-corrected chi connectivity index (χ4v) is 4.28. The number of carbonyl (C=O) groups is 1. The van der Waals surface area contributed by atoms with E-state index in [4.69, 9.17) is 0 Å². The van der Waals surface area contributed by atoms with Crippen molar-refractivity contribution in [1.29, 1.82) is 0 Å². The molecule has 0 aliphatic carbocycles. The van der Waals surface area contributed by atoms with Crippen molar-refractivity contribution < 1.29 is 9.18 Å². The first-order valence-electron chi connectivity index (χ1n) is 7.21. The molecule has 3 aromatic rings. The van der Waals surface area contributed by atoms with Crippen molar-refractivity contribution in [3.05, 3.63) is 63.1 Å². The number of benzene rings is 2. The molecule has 0 fully saturated rings. The number of aromatic nitrogens is 1. The van der Waals surface area contributed by atoms with Crippen LogP contribution in [0.15, 0.2) is 51.9 Å². The highest BCUT2D eigenvalue weighted by Crippen LogP contribution is 2.22. The third-order valence-corrected chi connectivity index (χ3v) is 5.56. The molecule has 0 radical (unpaired) electrons. The van der Waals surface area contributed by atoms with Crippen LogP contribution in [0.3, 0.4) is 0 Å². The molecule has 1 heterocycles. The van der Waals surface area contributed by atoms with Crippen molar-refractivity contribution in [1.82, 2.24) is 4.57 Å². The van der Waals surface area contributed by atoms with E-state index >= 15 is 0 Å². The summed E-state index contributed by atoms with van der Waals surface area (Å²) in [6.07, 6.45) is 2.04. The van der Waals surface area contributed by atoms with Gasteiger partial charge < -0.3 is 4.57 Å². The van der Waals surface area contributed by atoms with Gasteiger partial charge in [-0.2, -0.15) is 16.8 Å². The standard InChI is InChI=1S/C17H14BrFN2OS2/c1-23-8-7-21-14-6-5-12(18)10-15(14)24-17(21)20-16(22)11-3-2-4-13(19)9-11/h2-6,9-10H,7-8H2,1H3. The van der Waals surface area contributed by atoms with Gasteiger partial charge in [-0.3, -0.25) is 4.79 Å². The van der Waals surface area contributed by atoms with Gasteiger partial charge in [-0.05, 0) is 42.7 Å². The van der Waals surface area contributed by atoms with Crippen molar-refractivity contribution >= 4 is 55.2 Å². The number of fused-ring (bicyclic) bond motifs is 1. The number of carbonyl (C=O) groups excluding carboxylic acids is 1. The van der Waals surface area contributed by atoms with E-state index in [0.29, 0.717) is 4.80 Å². The minimum absolute atomic E-state index is 0.255. The molecule has 24 heavy (non-hydrogen) atoms. The second-order valence-electron chi connectivity index (χ2n) is 5.07. The van der Waals surface area contributed by atoms with E-state index < -0.39 is 11.7 Å². The summed E-state index contributed by atoms with van der Waals surface area (Å²) in [6, 6.07) is 11.6. The Kier molecular flexibility index (Phi) is 5.53. The highest BCUT2D eigenvalue weighted by Gasteiger charge is 2.10. The zero-order valence-corrected chi connectivity index (χ0v) is 16.0. The summed E-state index contributed by atoms with van der Waals surface area (Å²) in [5, 5.41) is 0. The molecule has 3 nitrogen and oxygen atoms in total. The van der Waals surface area contributed by atoms with Gasteiger partial charge in [0.05, 0.1) is 10.2 Å². The molecule has 0 spiro atoms. The lowest BCUT2D eigenvalue weighted by molar-refractivity contribution is 0.0997. The van der Waals surface area contributed by atoms with Crippen LogP contribution in [0.1, 0.15) is 10.4 Å². The second kappa shape index (κ2) is 7.63. The first kappa shape index (κ1) is 17.4. The van der Waals surface area contributed by atoms with E-state index in [1.807, 2.05) is 29.0 Å². The van der Waals surface area contributed by atoms with Crippen LogP contribution in [-0.2, 0) is 6.54 Å². The Bertz CT molecular complexity index is 965. The van der Waals surface area contributed by atoms with Crippen molar-refractivity contribution in [2.45, 2.75) is 6.54 Å². The molecule has 0 aliphatic rings. The smallest absolute Gasteiger partial charge is 0.279 e. The monoisotopic (exact) mass is 424 g/mol. The van der Waals surface area contributed by atoms with Crippen LogP contribution >= 0.6 is 39.0 Å². The number of halogens is 2. The average Bonchev–Trinajstić information content (AvgIpc) is 2.89. The number of aryl methyl sites for hydroxylation is 1. The first-order valence-corrected chi connectivity index (χ1v) is 10.2. The highest BCUT2D eigenvalue weighted by molar-refractivity contribution is 9.10. The van der Waals surface area contributed by atoms with Crippen LogP contribution in [-0.4, -0.2) is 22.5 Å². The number of hydrogen-bond donors (Lipinski definition) is 0. The normalized spacial score (nSPS) is 12.0. The molecule has 7 heteroatoms. The largest absolute Gasteiger partial charge is 0.316 e. The van der Waals surface area contributed by atoms with Gasteiger partial charge in [0.2, 0.25) is 0 Å². The third kappa shape index (κ3) is 3.79. The molecule has 0 unspecified atom stereocenters. The summed E-state index contributed by atoms with van der Waals surface area (Å²) in [4.78, 5) is 17.3. The summed E-state index contributed by atoms with van der Waals surface area (Å²) in [7, 11) is 0. The van der Waals surface area contributed by atoms with Crippen LogP contribution in [0, 0.1) is 5.82 Å². The minimum Gasteiger partial charge on any atom is -0.316 e. The zero-order valence-electron chi connectivity index (χ0n) is 12.8. The van der Waals surface area contributed by atoms with Gasteiger partial charge in [0.15, 0.2) is 4.80 Å². The average molecular weight is 425 g/mol. The van der Waals surface area contributed by atoms with Crippen LogP contribution in [0.4, 0.5) is 4.39 Å². The van der Waals surface area contributed by atoms with Crippen molar-refractivity contribution in [2.24, 2.45) is 4.99 Å². The molecule has 1 amide bonds. The second-order valence-corrected chi connectivity index (χ2v) is 7.98. The Morgan fingerprint density at radius 1 is 1.33 bits per heavy atom. The Balaban J connectivity index is 2.11. The van der Waals surface area contributed by atoms with E-state index in [1.165, 1.54) is 29.5 Å². The van der Waals surface area contributed by atoms with Gasteiger partial charge in [0.1, 0.15) is 5.82 Å². The van der Waals surface area contributed by atoms with Gasteiger partial charge in [0.25, 0.3) is 5.91 Å². The van der Waals surface area contributed by atoms with Crippen molar-refractivity contribution in [3.63, 3.8) is 0 Å². The molecule has 0 bridgehead atoms. The topological polar surface area (TPSA) is 34.4 Å². The number of hydrogen-bond acceptors (Lipinski definition) is 3. The SMILES string of the molecule is CSCCn1c(=NC(=O)c2cccc(F)c2)sc2cc(Br)ccc21. The number of thiazole rings is 1. The summed E-state index contributed by atoms with van der Waals surface area (Å²) < 4.78 is 17.4. The van der Waals surface area contributed by atoms with Gasteiger partial charge in [0, 0.05) is 22.3 Å². The number of rotatable bonds is 4. The van der Waals surface area contributed by atoms with E-state index in [1.54, 1.807) is 17.8 Å². The molecule has 0 N–H and O–H groups in total. The maximum atomic E-state index is 13.3. The first-order chi connectivity index (χ1) is 11.6. The molecule has 1 aromatic heterocycles. The van der Waals surface area contributed by atoms with Gasteiger partial charge in [-0.1, -0.05) is 33.3 Å². The maximum absolute atomic E-state index is 13.3. The zero-order chi connectivity index (χ0) is 17.1. The Morgan fingerprint density at radius 2 is 2.17 bits per heavy atom. The lowest BCUT2D eigenvalue weighted by Crippen LogP contribution is -2.18. The highest BCUT2D eigenvalue weighted by atomic mass is 79.9. The number of amides is 1. The van der Waals surface area contributed by atoms with E-state index in [0.717, 1.165) is 27.0 Å². The van der Waals surface area contributed by atoms with Crippen molar-refractivity contribution in [2.75, 3.05) is 12.0 Å². The van der Waals surface area contributed by atoms with Gasteiger partial charge in [-0.15, -0.1) is 0 Å². The Hall–Kier alpha value is -1.44. The fraction of sp³-hybridized carbons (Fsp3) is 0.176. The number of thioether (sulfide) groups is 1. The lowest BCUT2D eigenvalue weighted by Gasteiger charge is -2.03. The molecule has 2 aromatic carbocycles. The lowest BCUT2D eigenvalue weighted by atomic mass is 10.2. The quantitative estimate of drug-likeness (QED) is 0.607. The predicted octanol–water partition coefficient (Wildman–Crippen LogP) is 4.71. The minimum atomic E-state index is -0.438. The van der Waals surface area contributed by atoms with E-state index in [-0.39, 0.29) is 5.56 Å². The summed E-state index contributed by atoms with van der Waals surface area (Å²) >= 11 is 6.66. The van der Waals surface area contributed by atoms with Crippen LogP contribution in [0.25, 0.3) is 10.2 Å². The fourth-order valence-electron chi connectivity index (χ4n) is 2.30. The molecular weight excluding hydrogens is 411 g/mol. The molecular formula is C17H14BrFN2OS2. The Labute approximate surface area is 155 Å². The maximum Gasteiger partial charge on any atom is 0.279 e. The Morgan fingerprint density at radius 3 is 2.92 bits per heavy atom. The van der Waals surface area contributed by atoms with E-state index in [2.05, 4.69) is 20.9 Å². The third-order valence-electron chi connectivity index (χ3n) is 3.43. The van der Waals surface area contributed by atoms with Gasteiger partial charge in [-0.25, -0.2) is 4.39 Å². The van der Waals surface area contributed by atoms with Crippen LogP contribution < -0.4 is 4.80 Å².